The van der Waals surface area contributed by atoms with Crippen LogP contribution >= 0.6 is 0 Å². The van der Waals surface area contributed by atoms with Gasteiger partial charge >= 0.3 is 6.18 Å². The first-order chi connectivity index (χ1) is 21.5. The van der Waals surface area contributed by atoms with Crippen LogP contribution < -0.4 is 5.56 Å². The molecular formula is C34H26F3N5O3. The Morgan fingerprint density at radius 3 is 2.38 bits per heavy atom. The SMILES string of the molecule is N#Cc1cc(C#N)cc(-c2cccc(C3(c4nc5c(c(=O)[nH]4)CN(C(=O)[C@H](O)c4cccc(C(F)(F)F)c4)CCC5)CC3)c2)c1. The molecule has 11 heteroatoms. The van der Waals surface area contributed by atoms with Crippen LogP contribution in [0.3, 0.4) is 0 Å². The molecule has 1 aromatic heterocycles. The molecule has 0 radical (unpaired) electrons. The minimum Gasteiger partial charge on any atom is -0.378 e. The fourth-order valence-electron chi connectivity index (χ4n) is 5.94. The number of rotatable bonds is 5. The van der Waals surface area contributed by atoms with Crippen molar-refractivity contribution >= 4 is 5.91 Å². The molecule has 4 aromatic rings. The van der Waals surface area contributed by atoms with E-state index >= 15 is 0 Å². The van der Waals surface area contributed by atoms with E-state index < -0.39 is 34.7 Å². The van der Waals surface area contributed by atoms with E-state index in [4.69, 9.17) is 4.98 Å². The van der Waals surface area contributed by atoms with Crippen molar-refractivity contribution in [2.24, 2.45) is 0 Å². The van der Waals surface area contributed by atoms with Crippen molar-refractivity contribution < 1.29 is 23.1 Å². The van der Waals surface area contributed by atoms with Crippen LogP contribution in [0, 0.1) is 22.7 Å². The average Bonchev–Trinajstić information content (AvgIpc) is 3.88. The summed E-state index contributed by atoms with van der Waals surface area (Å²) < 4.78 is 39.6. The second-order valence-electron chi connectivity index (χ2n) is 11.4. The lowest BCUT2D eigenvalue weighted by Gasteiger charge is -2.24. The molecule has 0 bridgehead atoms. The molecule has 0 unspecified atom stereocenters. The van der Waals surface area contributed by atoms with E-state index in [0.717, 1.165) is 47.7 Å². The third-order valence-electron chi connectivity index (χ3n) is 8.51. The van der Waals surface area contributed by atoms with Crippen molar-refractivity contribution in [2.75, 3.05) is 6.54 Å². The zero-order valence-electron chi connectivity index (χ0n) is 23.9. The number of carbonyl (C=O) groups is 1. The minimum atomic E-state index is -4.62. The Labute approximate surface area is 256 Å². The number of amides is 1. The second-order valence-corrected chi connectivity index (χ2v) is 11.4. The zero-order chi connectivity index (χ0) is 31.9. The predicted molar refractivity (Wildman–Crippen MR) is 156 cm³/mol. The quantitative estimate of drug-likeness (QED) is 0.316. The van der Waals surface area contributed by atoms with Gasteiger partial charge in [-0.1, -0.05) is 36.4 Å². The molecular weight excluding hydrogens is 583 g/mol. The van der Waals surface area contributed by atoms with Crippen LogP contribution in [0.4, 0.5) is 13.2 Å². The molecule has 1 fully saturated rings. The molecule has 8 nitrogen and oxygen atoms in total. The molecule has 1 amide bonds. The number of hydrogen-bond acceptors (Lipinski definition) is 6. The first-order valence-corrected chi connectivity index (χ1v) is 14.4. The first-order valence-electron chi connectivity index (χ1n) is 14.4. The average molecular weight is 610 g/mol. The molecule has 0 spiro atoms. The van der Waals surface area contributed by atoms with Crippen molar-refractivity contribution in [3.8, 4) is 23.3 Å². The summed E-state index contributed by atoms with van der Waals surface area (Å²) in [5, 5.41) is 29.5. The van der Waals surface area contributed by atoms with Crippen molar-refractivity contribution in [3.63, 3.8) is 0 Å². The summed E-state index contributed by atoms with van der Waals surface area (Å²) in [7, 11) is 0. The van der Waals surface area contributed by atoms with E-state index in [9.17, 15) is 38.4 Å². The van der Waals surface area contributed by atoms with E-state index in [0.29, 0.717) is 35.5 Å². The van der Waals surface area contributed by atoms with E-state index in [1.54, 1.807) is 12.1 Å². The van der Waals surface area contributed by atoms with Crippen LogP contribution in [0.15, 0.2) is 71.5 Å². The van der Waals surface area contributed by atoms with Crippen molar-refractivity contribution in [3.05, 3.63) is 122 Å². The molecule has 1 aliphatic carbocycles. The van der Waals surface area contributed by atoms with Crippen LogP contribution in [0.2, 0.25) is 0 Å². The maximum absolute atomic E-state index is 13.5. The van der Waals surface area contributed by atoms with Gasteiger partial charge in [0.05, 0.1) is 52.0 Å². The number of hydrogen-bond donors (Lipinski definition) is 2. The highest BCUT2D eigenvalue weighted by Crippen LogP contribution is 2.52. The summed E-state index contributed by atoms with van der Waals surface area (Å²) in [5.41, 5.74) is 1.96. The number of fused-ring (bicyclic) bond motifs is 1. The molecule has 1 aliphatic heterocycles. The van der Waals surface area contributed by atoms with Crippen LogP contribution in [-0.4, -0.2) is 32.4 Å². The molecule has 3 aromatic carbocycles. The van der Waals surface area contributed by atoms with Gasteiger partial charge in [0.25, 0.3) is 11.5 Å². The third kappa shape index (κ3) is 5.70. The predicted octanol–water partition coefficient (Wildman–Crippen LogP) is 5.29. The van der Waals surface area contributed by atoms with Crippen molar-refractivity contribution in [2.45, 2.75) is 49.9 Å². The van der Waals surface area contributed by atoms with Crippen LogP contribution in [0.1, 0.15) is 70.3 Å². The number of aromatic amines is 1. The number of alkyl halides is 3. The maximum Gasteiger partial charge on any atom is 0.416 e. The van der Waals surface area contributed by atoms with E-state index in [-0.39, 0.29) is 24.2 Å². The molecule has 45 heavy (non-hydrogen) atoms. The Balaban J connectivity index is 1.28. The molecule has 2 heterocycles. The number of nitriles is 2. The standard InChI is InChI=1S/C34H26F3N5O3/c35-34(36,37)26-7-2-5-23(16-26)29(43)31(45)42-11-3-8-28-27(19-42)30(44)41-32(40-28)33(9-10-33)25-6-1-4-22(15-25)24-13-20(17-38)12-21(14-24)18-39/h1-2,4-7,12-16,29,43H,3,8-11,19H2,(H,40,41,44)/t29-/m1/s1. The summed E-state index contributed by atoms with van der Waals surface area (Å²) >= 11 is 0. The van der Waals surface area contributed by atoms with Gasteiger partial charge in [0.15, 0.2) is 6.10 Å². The number of carbonyl (C=O) groups excluding carboxylic acids is 1. The molecule has 1 atom stereocenters. The lowest BCUT2D eigenvalue weighted by Crippen LogP contribution is -2.36. The fraction of sp³-hybridized carbons (Fsp3) is 0.265. The van der Waals surface area contributed by atoms with E-state index in [1.165, 1.54) is 17.0 Å². The van der Waals surface area contributed by atoms with Gasteiger partial charge < -0.3 is 15.0 Å². The number of halogens is 3. The zero-order valence-corrected chi connectivity index (χ0v) is 23.9. The first kappa shape index (κ1) is 29.8. The second kappa shape index (κ2) is 11.3. The molecule has 2 N–H and O–H groups in total. The van der Waals surface area contributed by atoms with Crippen LogP contribution in [-0.2, 0) is 29.4 Å². The summed E-state index contributed by atoms with van der Waals surface area (Å²) in [6.45, 7) is 0.0609. The van der Waals surface area contributed by atoms with E-state index in [1.807, 2.05) is 24.3 Å². The molecule has 226 valence electrons. The summed E-state index contributed by atoms with van der Waals surface area (Å²) in [6, 6.07) is 20.9. The Kier molecular flexibility index (Phi) is 7.51. The highest BCUT2D eigenvalue weighted by Gasteiger charge is 2.49. The van der Waals surface area contributed by atoms with Crippen molar-refractivity contribution in [1.29, 1.82) is 10.5 Å². The highest BCUT2D eigenvalue weighted by atomic mass is 19.4. The van der Waals surface area contributed by atoms with Crippen molar-refractivity contribution in [1.82, 2.24) is 14.9 Å². The van der Waals surface area contributed by atoms with Crippen LogP contribution in [0.5, 0.6) is 0 Å². The fourth-order valence-corrected chi connectivity index (χ4v) is 5.94. The topological polar surface area (TPSA) is 134 Å². The monoisotopic (exact) mass is 609 g/mol. The Bertz CT molecular complexity index is 1940. The van der Waals surface area contributed by atoms with Gasteiger partial charge in [0.1, 0.15) is 5.82 Å². The minimum absolute atomic E-state index is 0.133. The summed E-state index contributed by atoms with van der Waals surface area (Å²) in [4.78, 5) is 35.7. The third-order valence-corrected chi connectivity index (χ3v) is 8.51. The number of nitrogens with one attached hydrogen (secondary N) is 1. The molecule has 1 saturated carbocycles. The number of aryl methyl sites for hydroxylation is 1. The number of aromatic nitrogens is 2. The lowest BCUT2D eigenvalue weighted by molar-refractivity contribution is -0.142. The normalized spacial score (nSPS) is 16.1. The lowest BCUT2D eigenvalue weighted by atomic mass is 9.91. The van der Waals surface area contributed by atoms with E-state index in [2.05, 4.69) is 17.1 Å². The number of benzene rings is 3. The van der Waals surface area contributed by atoms with Gasteiger partial charge in [-0.2, -0.15) is 23.7 Å². The van der Waals surface area contributed by atoms with Crippen LogP contribution in [0.25, 0.3) is 11.1 Å². The Hall–Kier alpha value is -5.26. The molecule has 2 aliphatic rings. The molecule has 6 rings (SSSR count). The number of H-pyrrole nitrogens is 1. The van der Waals surface area contributed by atoms with Gasteiger partial charge in [-0.25, -0.2) is 4.98 Å². The summed E-state index contributed by atoms with van der Waals surface area (Å²) in [5.74, 6) is -0.281. The maximum atomic E-state index is 13.5. The van der Waals surface area contributed by atoms with Gasteiger partial charge in [-0.15, -0.1) is 0 Å². The number of aliphatic hydroxyl groups is 1. The number of nitrogens with zero attached hydrogens (tertiary/aromatic N) is 4. The smallest absolute Gasteiger partial charge is 0.378 e. The number of aliphatic hydroxyl groups excluding tert-OH is 1. The van der Waals surface area contributed by atoms with Gasteiger partial charge in [-0.05, 0) is 78.3 Å². The van der Waals surface area contributed by atoms with Gasteiger partial charge in [-0.3, -0.25) is 9.59 Å². The Morgan fingerprint density at radius 2 is 1.71 bits per heavy atom. The Morgan fingerprint density at radius 1 is 1.00 bits per heavy atom. The summed E-state index contributed by atoms with van der Waals surface area (Å²) in [6.07, 6.45) is -4.10. The van der Waals surface area contributed by atoms with Gasteiger partial charge in [0.2, 0.25) is 0 Å². The highest BCUT2D eigenvalue weighted by molar-refractivity contribution is 5.82. The molecule has 0 saturated heterocycles. The largest absolute Gasteiger partial charge is 0.416 e. The van der Waals surface area contributed by atoms with Gasteiger partial charge in [0, 0.05) is 6.54 Å².